The Balaban J connectivity index is 1.08. The van der Waals surface area contributed by atoms with Gasteiger partial charge in [-0.3, -0.25) is 9.59 Å². The summed E-state index contributed by atoms with van der Waals surface area (Å²) in [6, 6.07) is 63.8. The van der Waals surface area contributed by atoms with Crippen LogP contribution in [-0.2, 0) is 0 Å². The standard InChI is InChI=1S/C57H33N3O5/c61-56-38-31-34(58-44-15-3-9-21-50(44)64-51-22-10-4-16-45(51)58)25-27-42(38)60-43-28-26-35(59-46-17-5-11-23-52(46)65-53-24-12-6-18-47(53)59)32-39(43)57(62)41-30-33(29-40(56)55(41)60)54-36-13-1-7-19-48(36)63-49-20-8-2-14-37(49)54/h1-32,54H. The Morgan fingerprint density at radius 2 is 0.708 bits per heavy atom. The van der Waals surface area contributed by atoms with Crippen LogP contribution in [0.1, 0.15) is 22.6 Å². The van der Waals surface area contributed by atoms with Crippen LogP contribution in [0.15, 0.2) is 204 Å². The van der Waals surface area contributed by atoms with Crippen LogP contribution in [0.25, 0.3) is 38.1 Å². The second kappa shape index (κ2) is 13.3. The number of hydrogen-bond donors (Lipinski definition) is 0. The highest BCUT2D eigenvalue weighted by molar-refractivity contribution is 6.09. The molecule has 0 unspecified atom stereocenters. The Hall–Kier alpha value is -8.88. The van der Waals surface area contributed by atoms with E-state index in [1.807, 2.05) is 182 Å². The van der Waals surface area contributed by atoms with E-state index in [9.17, 15) is 0 Å². The molecular weight excluding hydrogens is 807 g/mol. The van der Waals surface area contributed by atoms with Gasteiger partial charge < -0.3 is 28.4 Å². The van der Waals surface area contributed by atoms with Gasteiger partial charge in [-0.2, -0.15) is 0 Å². The van der Waals surface area contributed by atoms with Crippen LogP contribution in [0.3, 0.4) is 0 Å². The Bertz CT molecular complexity index is 3630. The van der Waals surface area contributed by atoms with Crippen molar-refractivity contribution < 1.29 is 14.2 Å². The number of anilines is 6. The monoisotopic (exact) mass is 839 g/mol. The number of para-hydroxylation sites is 10. The van der Waals surface area contributed by atoms with Gasteiger partial charge in [0.15, 0.2) is 33.9 Å². The molecule has 65 heavy (non-hydrogen) atoms. The maximum atomic E-state index is 15.5. The van der Waals surface area contributed by atoms with Crippen LogP contribution in [0.5, 0.6) is 34.5 Å². The van der Waals surface area contributed by atoms with E-state index in [4.69, 9.17) is 14.2 Å². The van der Waals surface area contributed by atoms with E-state index in [0.29, 0.717) is 38.1 Å². The molecule has 0 aliphatic carbocycles. The van der Waals surface area contributed by atoms with Gasteiger partial charge in [0.1, 0.15) is 11.5 Å². The largest absolute Gasteiger partial charge is 0.457 e. The summed E-state index contributed by atoms with van der Waals surface area (Å²) in [6.07, 6.45) is 0. The number of ether oxygens (including phenoxy) is 3. The first kappa shape index (κ1) is 35.7. The van der Waals surface area contributed by atoms with Crippen LogP contribution in [-0.4, -0.2) is 4.40 Å². The fourth-order valence-corrected chi connectivity index (χ4v) is 10.4. The SMILES string of the molecule is O=c1c2cc(N3c4ccccc4Oc4ccccc43)ccc2n2c3ccc(N4c5ccccc5Oc5ccccc54)cc3c(=O)c3cc(C4c5ccccc5Oc5ccccc54)cc1c32. The van der Waals surface area contributed by atoms with Crippen LogP contribution < -0.4 is 34.9 Å². The highest BCUT2D eigenvalue weighted by Crippen LogP contribution is 2.53. The number of rotatable bonds is 3. The summed E-state index contributed by atoms with van der Waals surface area (Å²) in [4.78, 5) is 35.3. The third kappa shape index (κ3) is 5.07. The molecule has 0 N–H and O–H groups in total. The van der Waals surface area contributed by atoms with Gasteiger partial charge in [0.25, 0.3) is 0 Å². The zero-order valence-corrected chi connectivity index (χ0v) is 34.4. The summed E-state index contributed by atoms with van der Waals surface area (Å²) >= 11 is 0. The number of aromatic nitrogens is 1. The molecule has 3 aliphatic rings. The lowest BCUT2D eigenvalue weighted by atomic mass is 9.81. The van der Waals surface area contributed by atoms with Crippen molar-refractivity contribution in [3.8, 4) is 34.5 Å². The summed E-state index contributed by atoms with van der Waals surface area (Å²) in [5.41, 5.74) is 9.48. The van der Waals surface area contributed by atoms with E-state index >= 15 is 9.59 Å². The molecule has 0 bridgehead atoms. The molecule has 8 nitrogen and oxygen atoms in total. The van der Waals surface area contributed by atoms with Gasteiger partial charge in [-0.1, -0.05) is 84.9 Å². The predicted molar refractivity (Wildman–Crippen MR) is 257 cm³/mol. The summed E-state index contributed by atoms with van der Waals surface area (Å²) < 4.78 is 21.3. The van der Waals surface area contributed by atoms with Crippen molar-refractivity contribution in [1.29, 1.82) is 0 Å². The Labute approximate surface area is 370 Å². The highest BCUT2D eigenvalue weighted by Gasteiger charge is 2.32. The Morgan fingerprint density at radius 1 is 0.354 bits per heavy atom. The van der Waals surface area contributed by atoms with Crippen LogP contribution in [0.4, 0.5) is 34.1 Å². The van der Waals surface area contributed by atoms with Crippen molar-refractivity contribution in [2.75, 3.05) is 9.80 Å². The molecule has 0 fully saturated rings. The average molecular weight is 840 g/mol. The van der Waals surface area contributed by atoms with Gasteiger partial charge in [-0.15, -0.1) is 0 Å². The second-order valence-electron chi connectivity index (χ2n) is 16.7. The molecule has 14 rings (SSSR count). The van der Waals surface area contributed by atoms with E-state index in [2.05, 4.69) is 26.3 Å². The molecule has 0 saturated carbocycles. The molecule has 0 spiro atoms. The van der Waals surface area contributed by atoms with Crippen molar-refractivity contribution in [3.63, 3.8) is 0 Å². The maximum Gasteiger partial charge on any atom is 0.197 e. The first-order valence-electron chi connectivity index (χ1n) is 21.6. The van der Waals surface area contributed by atoms with Gasteiger partial charge in [0.2, 0.25) is 0 Å². The summed E-state index contributed by atoms with van der Waals surface area (Å²) in [7, 11) is 0. The second-order valence-corrected chi connectivity index (χ2v) is 16.7. The fourth-order valence-electron chi connectivity index (χ4n) is 10.4. The van der Waals surface area contributed by atoms with E-state index in [1.54, 1.807) is 0 Å². The minimum atomic E-state index is -0.310. The third-order valence-corrected chi connectivity index (χ3v) is 13.2. The zero-order chi connectivity index (χ0) is 42.9. The smallest absolute Gasteiger partial charge is 0.197 e. The molecular formula is C57H33N3O5. The van der Waals surface area contributed by atoms with Crippen LogP contribution in [0, 0.1) is 0 Å². The molecule has 0 radical (unpaired) electrons. The predicted octanol–water partition coefficient (Wildman–Crippen LogP) is 14.0. The van der Waals surface area contributed by atoms with Crippen molar-refractivity contribution in [2.24, 2.45) is 0 Å². The first-order valence-corrected chi connectivity index (χ1v) is 21.6. The maximum absolute atomic E-state index is 15.5. The van der Waals surface area contributed by atoms with Crippen molar-refractivity contribution in [3.05, 3.63) is 231 Å². The minimum absolute atomic E-state index is 0.158. The molecule has 8 heteroatoms. The Morgan fingerprint density at radius 3 is 1.12 bits per heavy atom. The molecule has 0 saturated heterocycles. The molecule has 0 amide bonds. The lowest BCUT2D eigenvalue weighted by Gasteiger charge is -2.33. The van der Waals surface area contributed by atoms with Crippen molar-refractivity contribution in [1.82, 2.24) is 4.40 Å². The number of benzene rings is 9. The molecule has 2 aromatic heterocycles. The van der Waals surface area contributed by atoms with Crippen molar-refractivity contribution >= 4 is 72.2 Å². The topological polar surface area (TPSA) is 72.7 Å². The average Bonchev–Trinajstić information content (AvgIpc) is 3.36. The molecule has 5 heterocycles. The van der Waals surface area contributed by atoms with E-state index in [1.165, 1.54) is 0 Å². The minimum Gasteiger partial charge on any atom is -0.457 e. The van der Waals surface area contributed by atoms with Crippen LogP contribution >= 0.6 is 0 Å². The lowest BCUT2D eigenvalue weighted by molar-refractivity contribution is 0.453. The quantitative estimate of drug-likeness (QED) is 0.130. The molecule has 3 aliphatic heterocycles. The van der Waals surface area contributed by atoms with Gasteiger partial charge in [-0.25, -0.2) is 0 Å². The third-order valence-electron chi connectivity index (χ3n) is 13.2. The zero-order valence-electron chi connectivity index (χ0n) is 34.4. The van der Waals surface area contributed by atoms with Crippen molar-refractivity contribution in [2.45, 2.75) is 5.92 Å². The van der Waals surface area contributed by atoms with Gasteiger partial charge in [0.05, 0.1) is 39.3 Å². The summed E-state index contributed by atoms with van der Waals surface area (Å²) in [5.74, 6) is 4.05. The molecule has 0 atom stereocenters. The van der Waals surface area contributed by atoms with Gasteiger partial charge in [-0.05, 0) is 115 Å². The highest BCUT2D eigenvalue weighted by atomic mass is 16.5. The fraction of sp³-hybridized carbons (Fsp3) is 0.0175. The number of hydrogen-bond acceptors (Lipinski definition) is 7. The van der Waals surface area contributed by atoms with Crippen LogP contribution in [0.2, 0.25) is 0 Å². The van der Waals surface area contributed by atoms with E-state index < -0.39 is 0 Å². The Kier molecular flexibility index (Phi) is 7.31. The normalized spacial score (nSPS) is 13.6. The summed E-state index contributed by atoms with van der Waals surface area (Å²) in [5, 5.41) is 1.97. The van der Waals surface area contributed by atoms with Gasteiger partial charge >= 0.3 is 0 Å². The molecule has 11 aromatic rings. The number of fused-ring (bicyclic) bond motifs is 10. The van der Waals surface area contributed by atoms with E-state index in [0.717, 1.165) is 85.3 Å². The first-order chi connectivity index (χ1) is 32.1. The van der Waals surface area contributed by atoms with E-state index in [-0.39, 0.29) is 16.8 Å². The number of nitrogens with zero attached hydrogens (tertiary/aromatic N) is 3. The van der Waals surface area contributed by atoms with Gasteiger partial charge in [0, 0.05) is 50.0 Å². The lowest BCUT2D eigenvalue weighted by Crippen LogP contribution is -2.19. The molecule has 9 aromatic carbocycles. The number of pyridine rings is 2. The summed E-state index contributed by atoms with van der Waals surface area (Å²) in [6.45, 7) is 0. The molecule has 306 valence electrons.